The number of hydrogen-bond acceptors (Lipinski definition) is 6. The topological polar surface area (TPSA) is 58.1 Å². The molecule has 0 saturated carbocycles. The third-order valence-electron chi connectivity index (χ3n) is 5.29. The Balaban J connectivity index is 1.37. The van der Waals surface area contributed by atoms with Gasteiger partial charge >= 0.3 is 0 Å². The number of aryl methyl sites for hydroxylation is 3. The van der Waals surface area contributed by atoms with Crippen molar-refractivity contribution in [3.05, 3.63) is 46.1 Å². The zero-order valence-corrected chi connectivity index (χ0v) is 18.8. The molecule has 2 aromatic heterocycles. The highest BCUT2D eigenvalue weighted by Crippen LogP contribution is 2.35. The van der Waals surface area contributed by atoms with E-state index in [0.29, 0.717) is 5.75 Å². The molecule has 3 aromatic rings. The van der Waals surface area contributed by atoms with E-state index in [9.17, 15) is 4.79 Å². The molecule has 5 nitrogen and oxygen atoms in total. The number of thioether (sulfide) groups is 1. The summed E-state index contributed by atoms with van der Waals surface area (Å²) in [6.07, 6.45) is 2.60. The smallest absolute Gasteiger partial charge is 0.234 e. The summed E-state index contributed by atoms with van der Waals surface area (Å²) < 4.78 is 0. The lowest BCUT2D eigenvalue weighted by Gasteiger charge is -2.14. The van der Waals surface area contributed by atoms with Crippen LogP contribution in [0.1, 0.15) is 34.7 Å². The van der Waals surface area contributed by atoms with Crippen LogP contribution < -0.4 is 5.32 Å². The number of carbonyl (C=O) groups excluding carboxylic acids is 1. The molecule has 3 heterocycles. The van der Waals surface area contributed by atoms with Crippen LogP contribution in [0.5, 0.6) is 0 Å². The van der Waals surface area contributed by atoms with Gasteiger partial charge in [-0.1, -0.05) is 23.9 Å². The van der Waals surface area contributed by atoms with Crippen LogP contribution in [0.3, 0.4) is 0 Å². The Kier molecular flexibility index (Phi) is 6.18. The second kappa shape index (κ2) is 8.81. The van der Waals surface area contributed by atoms with E-state index in [-0.39, 0.29) is 5.91 Å². The average Bonchev–Trinajstić information content (AvgIpc) is 3.29. The van der Waals surface area contributed by atoms with Crippen LogP contribution in [0, 0.1) is 20.8 Å². The summed E-state index contributed by atoms with van der Waals surface area (Å²) in [5.74, 6) is 1.06. The number of thiophene rings is 1. The molecular formula is C22H26N4OS2. The Morgan fingerprint density at radius 1 is 1.14 bits per heavy atom. The molecule has 0 aliphatic carbocycles. The summed E-state index contributed by atoms with van der Waals surface area (Å²) in [4.78, 5) is 26.3. The van der Waals surface area contributed by atoms with Gasteiger partial charge in [-0.3, -0.25) is 9.69 Å². The molecule has 1 aliphatic rings. The monoisotopic (exact) mass is 426 g/mol. The van der Waals surface area contributed by atoms with Crippen LogP contribution in [-0.4, -0.2) is 39.6 Å². The second-order valence-electron chi connectivity index (χ2n) is 7.56. The summed E-state index contributed by atoms with van der Waals surface area (Å²) in [6, 6.07) is 8.20. The van der Waals surface area contributed by atoms with Crippen molar-refractivity contribution in [1.82, 2.24) is 14.9 Å². The Labute approximate surface area is 179 Å². The molecule has 0 spiro atoms. The zero-order valence-electron chi connectivity index (χ0n) is 17.1. The zero-order chi connectivity index (χ0) is 20.4. The van der Waals surface area contributed by atoms with Gasteiger partial charge in [0.2, 0.25) is 5.91 Å². The number of anilines is 1. The van der Waals surface area contributed by atoms with Crippen LogP contribution in [0.25, 0.3) is 10.2 Å². The van der Waals surface area contributed by atoms with Gasteiger partial charge in [-0.2, -0.15) is 0 Å². The predicted molar refractivity (Wildman–Crippen MR) is 122 cm³/mol. The normalized spacial score (nSPS) is 14.6. The largest absolute Gasteiger partial charge is 0.325 e. The van der Waals surface area contributed by atoms with E-state index in [2.05, 4.69) is 46.2 Å². The lowest BCUT2D eigenvalue weighted by Crippen LogP contribution is -2.18. The molecule has 4 rings (SSSR count). The van der Waals surface area contributed by atoms with Crippen LogP contribution in [0.2, 0.25) is 0 Å². The van der Waals surface area contributed by atoms with E-state index in [1.165, 1.54) is 53.7 Å². The summed E-state index contributed by atoms with van der Waals surface area (Å²) in [6.45, 7) is 9.47. The summed E-state index contributed by atoms with van der Waals surface area (Å²) in [5, 5.41) is 4.98. The molecule has 0 unspecified atom stereocenters. The fourth-order valence-corrected chi connectivity index (χ4v) is 5.71. The van der Waals surface area contributed by atoms with E-state index in [0.717, 1.165) is 33.3 Å². The van der Waals surface area contributed by atoms with Gasteiger partial charge in [-0.15, -0.1) is 11.3 Å². The highest BCUT2D eigenvalue weighted by Gasteiger charge is 2.15. The van der Waals surface area contributed by atoms with Crippen LogP contribution in [0.4, 0.5) is 5.69 Å². The molecule has 29 heavy (non-hydrogen) atoms. The quantitative estimate of drug-likeness (QED) is 0.447. The minimum Gasteiger partial charge on any atom is -0.325 e. The maximum absolute atomic E-state index is 12.5. The number of hydrogen-bond donors (Lipinski definition) is 1. The SMILES string of the molecule is Cc1nc(SCC(=O)Nc2ccc(CN3CCCC3)cc2)c2c(C)c(C)sc2n1. The summed E-state index contributed by atoms with van der Waals surface area (Å²) >= 11 is 3.17. The maximum Gasteiger partial charge on any atom is 0.234 e. The van der Waals surface area contributed by atoms with Gasteiger partial charge in [0.1, 0.15) is 15.7 Å². The van der Waals surface area contributed by atoms with Gasteiger partial charge in [-0.05, 0) is 70.0 Å². The fraction of sp³-hybridized carbons (Fsp3) is 0.409. The minimum atomic E-state index is -0.0173. The lowest BCUT2D eigenvalue weighted by molar-refractivity contribution is -0.113. The molecule has 1 fully saturated rings. The van der Waals surface area contributed by atoms with E-state index in [4.69, 9.17) is 0 Å². The number of carbonyl (C=O) groups is 1. The standard InChI is InChI=1S/C22H26N4OS2/c1-14-15(2)29-22-20(14)21(23-16(3)24-22)28-13-19(27)25-18-8-6-17(7-9-18)12-26-10-4-5-11-26/h6-9H,4-5,10-13H2,1-3H3,(H,25,27). The van der Waals surface area contributed by atoms with E-state index >= 15 is 0 Å². The highest BCUT2D eigenvalue weighted by atomic mass is 32.2. The number of aromatic nitrogens is 2. The molecule has 1 amide bonds. The Morgan fingerprint density at radius 2 is 1.86 bits per heavy atom. The molecule has 7 heteroatoms. The molecule has 0 radical (unpaired) electrons. The van der Waals surface area contributed by atoms with Crippen LogP contribution in [0.15, 0.2) is 29.3 Å². The molecule has 0 bridgehead atoms. The van der Waals surface area contributed by atoms with Crippen molar-refractivity contribution in [1.29, 1.82) is 0 Å². The van der Waals surface area contributed by atoms with Gasteiger partial charge in [0.25, 0.3) is 0 Å². The Hall–Kier alpha value is -1.96. The molecular weight excluding hydrogens is 400 g/mol. The third-order valence-corrected chi connectivity index (χ3v) is 7.37. The van der Waals surface area contributed by atoms with Crippen molar-refractivity contribution >= 4 is 44.9 Å². The first-order valence-corrected chi connectivity index (χ1v) is 11.8. The van der Waals surface area contributed by atoms with Crippen LogP contribution in [-0.2, 0) is 11.3 Å². The molecule has 1 saturated heterocycles. The van der Waals surface area contributed by atoms with Gasteiger partial charge in [-0.25, -0.2) is 9.97 Å². The maximum atomic E-state index is 12.5. The number of benzene rings is 1. The first-order chi connectivity index (χ1) is 14.0. The molecule has 1 N–H and O–H groups in total. The third kappa shape index (κ3) is 4.79. The predicted octanol–water partition coefficient (Wildman–Crippen LogP) is 4.94. The molecule has 152 valence electrons. The van der Waals surface area contributed by atoms with Gasteiger partial charge in [0.05, 0.1) is 5.75 Å². The van der Waals surface area contributed by atoms with Gasteiger partial charge in [0.15, 0.2) is 0 Å². The molecule has 1 aliphatic heterocycles. The first kappa shape index (κ1) is 20.3. The van der Waals surface area contributed by atoms with Crippen molar-refractivity contribution in [3.8, 4) is 0 Å². The van der Waals surface area contributed by atoms with E-state index in [1.807, 2.05) is 19.1 Å². The van der Waals surface area contributed by atoms with Gasteiger partial charge in [0, 0.05) is 22.5 Å². The van der Waals surface area contributed by atoms with Crippen molar-refractivity contribution in [2.24, 2.45) is 0 Å². The van der Waals surface area contributed by atoms with Crippen molar-refractivity contribution < 1.29 is 4.79 Å². The number of nitrogens with zero attached hydrogens (tertiary/aromatic N) is 3. The number of fused-ring (bicyclic) bond motifs is 1. The number of rotatable bonds is 6. The Bertz CT molecular complexity index is 1020. The molecule has 1 aromatic carbocycles. The highest BCUT2D eigenvalue weighted by molar-refractivity contribution is 8.00. The summed E-state index contributed by atoms with van der Waals surface area (Å²) in [5.41, 5.74) is 3.34. The first-order valence-electron chi connectivity index (χ1n) is 9.98. The minimum absolute atomic E-state index is 0.0173. The average molecular weight is 427 g/mol. The van der Waals surface area contributed by atoms with E-state index in [1.54, 1.807) is 11.3 Å². The summed E-state index contributed by atoms with van der Waals surface area (Å²) in [7, 11) is 0. The number of amides is 1. The molecule has 0 atom stereocenters. The number of likely N-dealkylation sites (tertiary alicyclic amines) is 1. The lowest BCUT2D eigenvalue weighted by atomic mass is 10.2. The van der Waals surface area contributed by atoms with Crippen molar-refractivity contribution in [2.75, 3.05) is 24.2 Å². The van der Waals surface area contributed by atoms with Crippen molar-refractivity contribution in [2.45, 2.75) is 45.2 Å². The van der Waals surface area contributed by atoms with Gasteiger partial charge < -0.3 is 5.32 Å². The fourth-order valence-electron chi connectivity index (χ4n) is 3.64. The van der Waals surface area contributed by atoms with E-state index < -0.39 is 0 Å². The van der Waals surface area contributed by atoms with Crippen LogP contribution >= 0.6 is 23.1 Å². The number of nitrogens with one attached hydrogen (secondary N) is 1. The Morgan fingerprint density at radius 3 is 2.59 bits per heavy atom. The second-order valence-corrected chi connectivity index (χ2v) is 9.72. The van der Waals surface area contributed by atoms with Crippen molar-refractivity contribution in [3.63, 3.8) is 0 Å².